The van der Waals surface area contributed by atoms with Crippen LogP contribution in [0.25, 0.3) is 11.0 Å². The topological polar surface area (TPSA) is 106 Å². The molecule has 0 aliphatic heterocycles. The van der Waals surface area contributed by atoms with Gasteiger partial charge in [-0.15, -0.1) is 0 Å². The van der Waals surface area contributed by atoms with E-state index in [-0.39, 0.29) is 13.0 Å². The summed E-state index contributed by atoms with van der Waals surface area (Å²) in [6.45, 7) is 5.47. The van der Waals surface area contributed by atoms with Gasteiger partial charge in [-0.1, -0.05) is 13.3 Å². The SMILES string of the molecule is CCCc1cc(=O)oc2cc(C)cc(O[C@@H](C)C(=O)NCCC(=O)O)c12. The fourth-order valence-corrected chi connectivity index (χ4v) is 2.71. The van der Waals surface area contributed by atoms with Crippen LogP contribution in [0.15, 0.2) is 27.4 Å². The molecule has 2 N–H and O–H groups in total. The van der Waals surface area contributed by atoms with Crippen molar-refractivity contribution in [2.75, 3.05) is 6.54 Å². The van der Waals surface area contributed by atoms with Gasteiger partial charge in [0.2, 0.25) is 0 Å². The van der Waals surface area contributed by atoms with Crippen LogP contribution in [0.3, 0.4) is 0 Å². The third-order valence-corrected chi connectivity index (χ3v) is 3.86. The third kappa shape index (κ3) is 4.84. The number of aliphatic carboxylic acids is 1. The van der Waals surface area contributed by atoms with E-state index in [2.05, 4.69) is 5.32 Å². The van der Waals surface area contributed by atoms with Crippen LogP contribution in [-0.2, 0) is 16.0 Å². The lowest BCUT2D eigenvalue weighted by Crippen LogP contribution is -2.37. The molecule has 0 fully saturated rings. The zero-order chi connectivity index (χ0) is 19.3. The van der Waals surface area contributed by atoms with Crippen molar-refractivity contribution in [1.29, 1.82) is 0 Å². The van der Waals surface area contributed by atoms with E-state index >= 15 is 0 Å². The number of carboxylic acid groups (broad SMARTS) is 1. The van der Waals surface area contributed by atoms with Gasteiger partial charge in [0, 0.05) is 12.6 Å². The lowest BCUT2D eigenvalue weighted by molar-refractivity contribution is -0.137. The summed E-state index contributed by atoms with van der Waals surface area (Å²) in [5.74, 6) is -0.925. The Bertz CT molecular complexity index is 870. The van der Waals surface area contributed by atoms with Gasteiger partial charge in [0.05, 0.1) is 11.8 Å². The van der Waals surface area contributed by atoms with Gasteiger partial charge in [0.15, 0.2) is 6.10 Å². The van der Waals surface area contributed by atoms with E-state index in [0.29, 0.717) is 23.1 Å². The van der Waals surface area contributed by atoms with Crippen LogP contribution in [0, 0.1) is 6.92 Å². The Morgan fingerprint density at radius 3 is 2.69 bits per heavy atom. The van der Waals surface area contributed by atoms with E-state index in [0.717, 1.165) is 17.5 Å². The molecule has 1 atom stereocenters. The molecule has 0 spiro atoms. The number of nitrogens with one attached hydrogen (secondary N) is 1. The quantitative estimate of drug-likeness (QED) is 0.700. The van der Waals surface area contributed by atoms with E-state index in [9.17, 15) is 14.4 Å². The number of hydrogen-bond acceptors (Lipinski definition) is 5. The van der Waals surface area contributed by atoms with Crippen LogP contribution in [-0.4, -0.2) is 29.6 Å². The van der Waals surface area contributed by atoms with Crippen molar-refractivity contribution in [3.05, 3.63) is 39.7 Å². The molecule has 2 rings (SSSR count). The molecule has 0 aliphatic rings. The summed E-state index contributed by atoms with van der Waals surface area (Å²) in [5.41, 5.74) is 1.65. The van der Waals surface area contributed by atoms with Crippen molar-refractivity contribution in [3.63, 3.8) is 0 Å². The average molecular weight is 361 g/mol. The standard InChI is InChI=1S/C19H23NO6/c1-4-5-13-10-17(23)26-15-9-11(2)8-14(18(13)15)25-12(3)19(24)20-7-6-16(21)22/h8-10,12H,4-7H2,1-3H3,(H,20,24)(H,21,22)/t12-/m0/s1. The van der Waals surface area contributed by atoms with Crippen LogP contribution in [0.1, 0.15) is 37.8 Å². The summed E-state index contributed by atoms with van der Waals surface area (Å²) in [5, 5.41) is 11.8. The van der Waals surface area contributed by atoms with E-state index < -0.39 is 23.6 Å². The van der Waals surface area contributed by atoms with E-state index in [4.69, 9.17) is 14.3 Å². The van der Waals surface area contributed by atoms with Gasteiger partial charge in [0.25, 0.3) is 5.91 Å². The summed E-state index contributed by atoms with van der Waals surface area (Å²) in [4.78, 5) is 34.4. The number of carbonyl (C=O) groups is 2. The molecule has 1 heterocycles. The first-order chi connectivity index (χ1) is 12.3. The largest absolute Gasteiger partial charge is 0.481 e. The van der Waals surface area contributed by atoms with Crippen LogP contribution in [0.4, 0.5) is 0 Å². The molecule has 0 saturated carbocycles. The van der Waals surface area contributed by atoms with Crippen molar-refractivity contribution in [2.45, 2.75) is 46.1 Å². The van der Waals surface area contributed by atoms with Crippen molar-refractivity contribution < 1.29 is 23.8 Å². The van der Waals surface area contributed by atoms with Crippen molar-refractivity contribution in [2.24, 2.45) is 0 Å². The van der Waals surface area contributed by atoms with Crippen LogP contribution >= 0.6 is 0 Å². The number of fused-ring (bicyclic) bond motifs is 1. The Labute approximate surface area is 151 Å². The Morgan fingerprint density at radius 1 is 1.31 bits per heavy atom. The van der Waals surface area contributed by atoms with Crippen molar-refractivity contribution in [3.8, 4) is 5.75 Å². The highest BCUT2D eigenvalue weighted by molar-refractivity contribution is 5.88. The minimum absolute atomic E-state index is 0.0341. The highest BCUT2D eigenvalue weighted by Gasteiger charge is 2.18. The molecular weight excluding hydrogens is 338 g/mol. The van der Waals surface area contributed by atoms with Gasteiger partial charge >= 0.3 is 11.6 Å². The van der Waals surface area contributed by atoms with Gasteiger partial charge in [-0.3, -0.25) is 9.59 Å². The van der Waals surface area contributed by atoms with Gasteiger partial charge in [0.1, 0.15) is 11.3 Å². The first-order valence-corrected chi connectivity index (χ1v) is 8.55. The van der Waals surface area contributed by atoms with Gasteiger partial charge in [-0.2, -0.15) is 0 Å². The Balaban J connectivity index is 2.32. The van der Waals surface area contributed by atoms with E-state index in [1.807, 2.05) is 13.8 Å². The molecule has 1 amide bonds. The Kier molecular flexibility index (Phi) is 6.38. The fourth-order valence-electron chi connectivity index (χ4n) is 2.71. The van der Waals surface area contributed by atoms with Crippen LogP contribution < -0.4 is 15.7 Å². The smallest absolute Gasteiger partial charge is 0.336 e. The van der Waals surface area contributed by atoms with E-state index in [1.165, 1.54) is 6.07 Å². The number of carboxylic acids is 1. The second kappa shape index (κ2) is 8.51. The highest BCUT2D eigenvalue weighted by Crippen LogP contribution is 2.31. The number of amides is 1. The molecule has 7 nitrogen and oxygen atoms in total. The molecule has 1 aromatic carbocycles. The molecule has 26 heavy (non-hydrogen) atoms. The number of aryl methyl sites for hydroxylation is 2. The Morgan fingerprint density at radius 2 is 2.04 bits per heavy atom. The summed E-state index contributed by atoms with van der Waals surface area (Å²) in [6, 6.07) is 5.01. The van der Waals surface area contributed by atoms with Gasteiger partial charge in [-0.25, -0.2) is 4.79 Å². The number of rotatable bonds is 8. The molecule has 1 aromatic heterocycles. The molecule has 0 aliphatic carbocycles. The molecular formula is C19H23NO6. The first-order valence-electron chi connectivity index (χ1n) is 8.55. The third-order valence-electron chi connectivity index (χ3n) is 3.86. The highest BCUT2D eigenvalue weighted by atomic mass is 16.5. The second-order valence-electron chi connectivity index (χ2n) is 6.17. The molecule has 0 unspecified atom stereocenters. The van der Waals surface area contributed by atoms with Crippen molar-refractivity contribution >= 4 is 22.8 Å². The number of ether oxygens (including phenoxy) is 1. The Hall–Kier alpha value is -2.83. The summed E-state index contributed by atoms with van der Waals surface area (Å²) in [6.07, 6.45) is 0.547. The second-order valence-corrected chi connectivity index (χ2v) is 6.17. The zero-order valence-electron chi connectivity index (χ0n) is 15.1. The molecule has 0 bridgehead atoms. The molecule has 2 aromatic rings. The first kappa shape index (κ1) is 19.5. The predicted octanol–water partition coefficient (Wildman–Crippen LogP) is 2.41. The number of carbonyl (C=O) groups excluding carboxylic acids is 1. The van der Waals surface area contributed by atoms with E-state index in [1.54, 1.807) is 19.1 Å². The minimum Gasteiger partial charge on any atom is -0.481 e. The molecule has 0 saturated heterocycles. The predicted molar refractivity (Wildman–Crippen MR) is 96.6 cm³/mol. The number of hydrogen-bond donors (Lipinski definition) is 2. The fraction of sp³-hybridized carbons (Fsp3) is 0.421. The summed E-state index contributed by atoms with van der Waals surface area (Å²) >= 11 is 0. The summed E-state index contributed by atoms with van der Waals surface area (Å²) < 4.78 is 11.1. The normalized spacial score (nSPS) is 12.0. The van der Waals surface area contributed by atoms with Gasteiger partial charge in [-0.05, 0) is 43.5 Å². The average Bonchev–Trinajstić information content (AvgIpc) is 2.53. The maximum atomic E-state index is 12.1. The minimum atomic E-state index is -0.984. The zero-order valence-corrected chi connectivity index (χ0v) is 15.1. The number of benzene rings is 1. The molecule has 140 valence electrons. The van der Waals surface area contributed by atoms with Crippen LogP contribution in [0.2, 0.25) is 0 Å². The summed E-state index contributed by atoms with van der Waals surface area (Å²) in [7, 11) is 0. The maximum Gasteiger partial charge on any atom is 0.336 e. The molecule has 0 radical (unpaired) electrons. The van der Waals surface area contributed by atoms with Crippen molar-refractivity contribution in [1.82, 2.24) is 5.32 Å². The van der Waals surface area contributed by atoms with Gasteiger partial charge < -0.3 is 19.6 Å². The monoisotopic (exact) mass is 361 g/mol. The lowest BCUT2D eigenvalue weighted by atomic mass is 10.0. The molecule has 7 heteroatoms. The lowest BCUT2D eigenvalue weighted by Gasteiger charge is -2.17. The van der Waals surface area contributed by atoms with Crippen LogP contribution in [0.5, 0.6) is 5.75 Å². The maximum absolute atomic E-state index is 12.1.